The van der Waals surface area contributed by atoms with Gasteiger partial charge in [0.05, 0.1) is 12.5 Å². The van der Waals surface area contributed by atoms with Crippen molar-refractivity contribution in [1.82, 2.24) is 4.90 Å². The molecule has 78 valence electrons. The van der Waals surface area contributed by atoms with E-state index in [4.69, 9.17) is 10.00 Å². The lowest BCUT2D eigenvalue weighted by Crippen LogP contribution is -2.52. The monoisotopic (exact) mass is 196 g/mol. The Bertz CT molecular complexity index is 262. The summed E-state index contributed by atoms with van der Waals surface area (Å²) >= 11 is 0. The minimum Gasteiger partial charge on any atom is -0.444 e. The number of rotatable bonds is 1. The fraction of sp³-hybridized carbons (Fsp3) is 0.800. The molecule has 1 fully saturated rings. The molecule has 14 heavy (non-hydrogen) atoms. The maximum absolute atomic E-state index is 11.5. The molecular weight excluding hydrogens is 180 g/mol. The molecule has 0 unspecified atom stereocenters. The highest BCUT2D eigenvalue weighted by Gasteiger charge is 2.34. The number of carbonyl (C=O) groups excluding carboxylic acids is 1. The van der Waals surface area contributed by atoms with E-state index < -0.39 is 5.60 Å². The molecule has 1 amide bonds. The van der Waals surface area contributed by atoms with Gasteiger partial charge >= 0.3 is 6.09 Å². The first-order valence-electron chi connectivity index (χ1n) is 4.80. The maximum atomic E-state index is 11.5. The van der Waals surface area contributed by atoms with Crippen LogP contribution in [0.3, 0.4) is 0 Å². The summed E-state index contributed by atoms with van der Waals surface area (Å²) in [5.74, 6) is 0. The van der Waals surface area contributed by atoms with Gasteiger partial charge < -0.3 is 9.64 Å². The van der Waals surface area contributed by atoms with Crippen LogP contribution in [0.1, 0.15) is 33.6 Å². The minimum absolute atomic E-state index is 0.0647. The maximum Gasteiger partial charge on any atom is 0.410 e. The van der Waals surface area contributed by atoms with Crippen molar-refractivity contribution < 1.29 is 9.53 Å². The Morgan fingerprint density at radius 2 is 2.29 bits per heavy atom. The minimum atomic E-state index is -0.454. The van der Waals surface area contributed by atoms with E-state index in [1.54, 1.807) is 4.90 Å². The van der Waals surface area contributed by atoms with Crippen molar-refractivity contribution in [2.75, 3.05) is 6.54 Å². The molecular formula is C10H16N2O2. The third-order valence-corrected chi connectivity index (χ3v) is 2.10. The Balaban J connectivity index is 2.43. The van der Waals surface area contributed by atoms with Crippen LogP contribution in [0.5, 0.6) is 0 Å². The van der Waals surface area contributed by atoms with Crippen LogP contribution >= 0.6 is 0 Å². The number of likely N-dealkylation sites (tertiary alicyclic amines) is 1. The number of ether oxygens (including phenoxy) is 1. The SMILES string of the molecule is CC(C)(C)OC(=O)N1CC[C@H]1CC#N. The molecule has 4 heteroatoms. The molecule has 1 heterocycles. The predicted octanol–water partition coefficient (Wildman–Crippen LogP) is 1.91. The number of carbonyl (C=O) groups is 1. The molecule has 1 aliphatic heterocycles. The number of hydrogen-bond acceptors (Lipinski definition) is 3. The zero-order valence-corrected chi connectivity index (χ0v) is 8.91. The van der Waals surface area contributed by atoms with Gasteiger partial charge in [0.15, 0.2) is 0 Å². The van der Waals surface area contributed by atoms with Gasteiger partial charge in [-0.25, -0.2) is 4.79 Å². The van der Waals surface area contributed by atoms with E-state index in [1.807, 2.05) is 20.8 Å². The molecule has 0 saturated carbocycles. The van der Waals surface area contributed by atoms with E-state index in [0.29, 0.717) is 13.0 Å². The number of hydrogen-bond donors (Lipinski definition) is 0. The summed E-state index contributed by atoms with van der Waals surface area (Å²) in [4.78, 5) is 13.1. The van der Waals surface area contributed by atoms with Gasteiger partial charge in [-0.3, -0.25) is 0 Å². The molecule has 4 nitrogen and oxygen atoms in total. The van der Waals surface area contributed by atoms with Crippen LogP contribution < -0.4 is 0 Å². The summed E-state index contributed by atoms with van der Waals surface area (Å²) in [6.07, 6.45) is 1.01. The highest BCUT2D eigenvalue weighted by molar-refractivity contribution is 5.69. The fourth-order valence-corrected chi connectivity index (χ4v) is 1.32. The summed E-state index contributed by atoms with van der Waals surface area (Å²) in [5.41, 5.74) is -0.454. The van der Waals surface area contributed by atoms with E-state index in [2.05, 4.69) is 6.07 Å². The summed E-state index contributed by atoms with van der Waals surface area (Å²) in [6, 6.07) is 2.13. The zero-order valence-electron chi connectivity index (χ0n) is 8.91. The quantitative estimate of drug-likeness (QED) is 0.643. The smallest absolute Gasteiger partial charge is 0.410 e. The van der Waals surface area contributed by atoms with Crippen LogP contribution in [0.2, 0.25) is 0 Å². The molecule has 0 aromatic carbocycles. The number of nitrogens with zero attached hydrogens (tertiary/aromatic N) is 2. The first kappa shape index (κ1) is 10.8. The second-order valence-corrected chi connectivity index (χ2v) is 4.48. The highest BCUT2D eigenvalue weighted by atomic mass is 16.6. The Morgan fingerprint density at radius 1 is 1.64 bits per heavy atom. The average Bonchev–Trinajstić information content (AvgIpc) is 1.93. The molecule has 0 bridgehead atoms. The third-order valence-electron chi connectivity index (χ3n) is 2.10. The standard InChI is InChI=1S/C10H16N2O2/c1-10(2,3)14-9(13)12-7-5-8(12)4-6-11/h8H,4-5,7H2,1-3H3/t8-/m1/s1. The molecule has 1 rings (SSSR count). The lowest BCUT2D eigenvalue weighted by molar-refractivity contribution is -0.00421. The van der Waals surface area contributed by atoms with Crippen molar-refractivity contribution in [1.29, 1.82) is 5.26 Å². The van der Waals surface area contributed by atoms with Gasteiger partial charge in [0.2, 0.25) is 0 Å². The first-order valence-corrected chi connectivity index (χ1v) is 4.80. The van der Waals surface area contributed by atoms with Gasteiger partial charge in [-0.15, -0.1) is 0 Å². The van der Waals surface area contributed by atoms with E-state index in [9.17, 15) is 4.79 Å². The van der Waals surface area contributed by atoms with Gasteiger partial charge in [-0.1, -0.05) is 0 Å². The van der Waals surface area contributed by atoms with Crippen LogP contribution in [0.15, 0.2) is 0 Å². The lowest BCUT2D eigenvalue weighted by Gasteiger charge is -2.40. The van der Waals surface area contributed by atoms with Gasteiger partial charge in [0.25, 0.3) is 0 Å². The van der Waals surface area contributed by atoms with Gasteiger partial charge in [0.1, 0.15) is 5.60 Å². The van der Waals surface area contributed by atoms with Crippen LogP contribution in [0.4, 0.5) is 4.79 Å². The Hall–Kier alpha value is -1.24. The molecule has 1 atom stereocenters. The van der Waals surface area contributed by atoms with E-state index >= 15 is 0 Å². The van der Waals surface area contributed by atoms with Crippen molar-refractivity contribution in [2.24, 2.45) is 0 Å². The van der Waals surface area contributed by atoms with Crippen molar-refractivity contribution >= 4 is 6.09 Å². The largest absolute Gasteiger partial charge is 0.444 e. The Kier molecular flexibility index (Phi) is 3.00. The zero-order chi connectivity index (χ0) is 10.8. The molecule has 0 aliphatic carbocycles. The van der Waals surface area contributed by atoms with Crippen LogP contribution in [0, 0.1) is 11.3 Å². The Labute approximate surface area is 84.4 Å². The van der Waals surface area contributed by atoms with Gasteiger partial charge in [0, 0.05) is 12.6 Å². The summed E-state index contributed by atoms with van der Waals surface area (Å²) < 4.78 is 5.20. The van der Waals surface area contributed by atoms with Gasteiger partial charge in [-0.2, -0.15) is 5.26 Å². The summed E-state index contributed by atoms with van der Waals surface area (Å²) in [5, 5.41) is 8.51. The van der Waals surface area contributed by atoms with E-state index in [1.165, 1.54) is 0 Å². The van der Waals surface area contributed by atoms with E-state index in [0.717, 1.165) is 6.42 Å². The molecule has 0 aromatic rings. The average molecular weight is 196 g/mol. The van der Waals surface area contributed by atoms with E-state index in [-0.39, 0.29) is 12.1 Å². The Morgan fingerprint density at radius 3 is 2.64 bits per heavy atom. The number of amides is 1. The molecule has 0 spiro atoms. The second kappa shape index (κ2) is 3.87. The van der Waals surface area contributed by atoms with Crippen LogP contribution in [0.25, 0.3) is 0 Å². The van der Waals surface area contributed by atoms with Crippen molar-refractivity contribution in [3.8, 4) is 6.07 Å². The third kappa shape index (κ3) is 2.63. The molecule has 0 aromatic heterocycles. The summed E-state index contributed by atoms with van der Waals surface area (Å²) in [7, 11) is 0. The molecule has 0 radical (unpaired) electrons. The first-order chi connectivity index (χ1) is 6.44. The van der Waals surface area contributed by atoms with Gasteiger partial charge in [-0.05, 0) is 27.2 Å². The number of nitriles is 1. The molecule has 1 saturated heterocycles. The van der Waals surface area contributed by atoms with Crippen molar-refractivity contribution in [3.05, 3.63) is 0 Å². The normalized spacial score (nSPS) is 21.0. The van der Waals surface area contributed by atoms with Crippen LogP contribution in [-0.4, -0.2) is 29.2 Å². The molecule has 0 N–H and O–H groups in total. The second-order valence-electron chi connectivity index (χ2n) is 4.48. The predicted molar refractivity (Wildman–Crippen MR) is 51.6 cm³/mol. The van der Waals surface area contributed by atoms with Crippen LogP contribution in [-0.2, 0) is 4.74 Å². The lowest BCUT2D eigenvalue weighted by atomic mass is 10.0. The fourth-order valence-electron chi connectivity index (χ4n) is 1.32. The molecule has 1 aliphatic rings. The summed E-state index contributed by atoms with van der Waals surface area (Å²) in [6.45, 7) is 6.22. The topological polar surface area (TPSA) is 53.3 Å². The highest BCUT2D eigenvalue weighted by Crippen LogP contribution is 2.22. The van der Waals surface area contributed by atoms with Crippen molar-refractivity contribution in [2.45, 2.75) is 45.3 Å². The van der Waals surface area contributed by atoms with Crippen molar-refractivity contribution in [3.63, 3.8) is 0 Å².